The zero-order chi connectivity index (χ0) is 25.7. The van der Waals surface area contributed by atoms with Crippen LogP contribution in [0, 0.1) is 0 Å². The van der Waals surface area contributed by atoms with E-state index in [1.54, 1.807) is 4.90 Å². The lowest BCUT2D eigenvalue weighted by atomic mass is 9.95. The predicted molar refractivity (Wildman–Crippen MR) is 137 cm³/mol. The van der Waals surface area contributed by atoms with Crippen LogP contribution < -0.4 is 5.32 Å². The average Bonchev–Trinajstić information content (AvgIpc) is 2.70. The monoisotopic (exact) mass is 492 g/mol. The lowest BCUT2D eigenvalue weighted by Crippen LogP contribution is -2.59. The molecule has 0 saturated carbocycles. The van der Waals surface area contributed by atoms with Gasteiger partial charge in [-0.15, -0.1) is 0 Å². The van der Waals surface area contributed by atoms with Gasteiger partial charge in [0.05, 0.1) is 12.1 Å². The van der Waals surface area contributed by atoms with Crippen molar-refractivity contribution in [1.82, 2.24) is 10.2 Å². The molecule has 1 aromatic rings. The van der Waals surface area contributed by atoms with E-state index in [-0.39, 0.29) is 29.8 Å². The number of benzene rings is 1. The van der Waals surface area contributed by atoms with Crippen LogP contribution in [0.2, 0.25) is 18.1 Å². The van der Waals surface area contributed by atoms with Crippen molar-refractivity contribution < 1.29 is 23.5 Å². The van der Waals surface area contributed by atoms with Gasteiger partial charge in [0.25, 0.3) is 0 Å². The molecule has 8 heteroatoms. The number of hydrogen-bond donors (Lipinski definition) is 1. The maximum atomic E-state index is 13.2. The van der Waals surface area contributed by atoms with E-state index < -0.39 is 26.1 Å². The van der Waals surface area contributed by atoms with Crippen molar-refractivity contribution in [3.8, 4) is 0 Å². The number of rotatable bonds is 6. The Morgan fingerprint density at radius 1 is 1.09 bits per heavy atom. The summed E-state index contributed by atoms with van der Waals surface area (Å²) in [5, 5.41) is 2.99. The van der Waals surface area contributed by atoms with E-state index in [9.17, 15) is 9.59 Å². The first-order valence-electron chi connectivity index (χ1n) is 12.2. The highest BCUT2D eigenvalue weighted by Gasteiger charge is 2.43. The maximum absolute atomic E-state index is 13.2. The van der Waals surface area contributed by atoms with Crippen LogP contribution in [0.1, 0.15) is 66.9 Å². The molecule has 0 aromatic heterocycles. The van der Waals surface area contributed by atoms with Gasteiger partial charge in [0, 0.05) is 12.6 Å². The highest BCUT2D eigenvalue weighted by Crippen LogP contribution is 2.38. The second-order valence-electron chi connectivity index (χ2n) is 11.8. The Labute approximate surface area is 206 Å². The van der Waals surface area contributed by atoms with Gasteiger partial charge in [0.15, 0.2) is 8.32 Å². The predicted octanol–water partition coefficient (Wildman–Crippen LogP) is 6.09. The van der Waals surface area contributed by atoms with Crippen molar-refractivity contribution in [2.45, 2.75) is 110 Å². The fourth-order valence-electron chi connectivity index (χ4n) is 3.80. The number of carbonyl (C=O) groups is 2. The normalized spacial score (nSPS) is 20.4. The third-order valence-corrected chi connectivity index (χ3v) is 11.2. The molecular weight excluding hydrogens is 448 g/mol. The van der Waals surface area contributed by atoms with Crippen LogP contribution in [0.4, 0.5) is 9.59 Å². The Morgan fingerprint density at radius 3 is 2.26 bits per heavy atom. The highest BCUT2D eigenvalue weighted by molar-refractivity contribution is 6.74. The summed E-state index contributed by atoms with van der Waals surface area (Å²) in [6.07, 6.45) is 0.427. The van der Waals surface area contributed by atoms with Gasteiger partial charge in [-0.1, -0.05) is 51.1 Å². The highest BCUT2D eigenvalue weighted by atomic mass is 28.4. The number of nitrogens with one attached hydrogen (secondary N) is 1. The Morgan fingerprint density at radius 2 is 1.71 bits per heavy atom. The molecule has 1 fully saturated rings. The zero-order valence-electron chi connectivity index (χ0n) is 22.4. The summed E-state index contributed by atoms with van der Waals surface area (Å²) in [4.78, 5) is 27.3. The van der Waals surface area contributed by atoms with Crippen LogP contribution in [0.5, 0.6) is 0 Å². The van der Waals surface area contributed by atoms with Gasteiger partial charge in [-0.3, -0.25) is 0 Å². The summed E-state index contributed by atoms with van der Waals surface area (Å²) in [6, 6.07) is 9.28. The van der Waals surface area contributed by atoms with Gasteiger partial charge < -0.3 is 24.1 Å². The first-order valence-corrected chi connectivity index (χ1v) is 15.1. The SMILES string of the molecule is C[C@@H](O[Si](C)(C)C(C)(C)C)[C@@H]1CC[C@@H](NC(=O)OC(C)(C)C)CN1C(=O)OCc1ccccc1. The maximum Gasteiger partial charge on any atom is 0.410 e. The summed E-state index contributed by atoms with van der Waals surface area (Å²) < 4.78 is 17.7. The molecule has 0 bridgehead atoms. The third kappa shape index (κ3) is 8.31. The van der Waals surface area contributed by atoms with Gasteiger partial charge in [-0.05, 0) is 64.2 Å². The summed E-state index contributed by atoms with van der Waals surface area (Å²) in [6.45, 7) is 19.1. The third-order valence-electron chi connectivity index (χ3n) is 6.62. The number of ether oxygens (including phenoxy) is 2. The molecule has 0 radical (unpaired) electrons. The van der Waals surface area contributed by atoms with Crippen molar-refractivity contribution in [3.05, 3.63) is 35.9 Å². The largest absolute Gasteiger partial charge is 0.445 e. The smallest absolute Gasteiger partial charge is 0.410 e. The minimum absolute atomic E-state index is 0.0649. The Bertz CT molecular complexity index is 817. The number of piperidine rings is 1. The van der Waals surface area contributed by atoms with Crippen molar-refractivity contribution in [1.29, 1.82) is 0 Å². The van der Waals surface area contributed by atoms with E-state index in [2.05, 4.69) is 39.2 Å². The van der Waals surface area contributed by atoms with Crippen LogP contribution in [0.15, 0.2) is 30.3 Å². The first-order chi connectivity index (χ1) is 15.6. The minimum atomic E-state index is -2.03. The number of likely N-dealkylation sites (tertiary alicyclic amines) is 1. The molecule has 3 atom stereocenters. The Balaban J connectivity index is 2.14. The molecule has 1 N–H and O–H groups in total. The van der Waals surface area contributed by atoms with Gasteiger partial charge in [0.2, 0.25) is 0 Å². The average molecular weight is 493 g/mol. The second kappa shape index (κ2) is 11.1. The van der Waals surface area contributed by atoms with Crippen molar-refractivity contribution in [3.63, 3.8) is 0 Å². The van der Waals surface area contributed by atoms with E-state index >= 15 is 0 Å². The number of nitrogens with zero attached hydrogens (tertiary/aromatic N) is 1. The second-order valence-corrected chi connectivity index (χ2v) is 16.5. The summed E-state index contributed by atoms with van der Waals surface area (Å²) in [7, 11) is -2.03. The molecule has 2 amide bonds. The zero-order valence-corrected chi connectivity index (χ0v) is 23.4. The van der Waals surface area contributed by atoms with Gasteiger partial charge >= 0.3 is 12.2 Å². The van der Waals surface area contributed by atoms with Crippen molar-refractivity contribution in [2.24, 2.45) is 0 Å². The Kier molecular flexibility index (Phi) is 9.21. The molecule has 7 nitrogen and oxygen atoms in total. The van der Waals surface area contributed by atoms with Gasteiger partial charge in [0.1, 0.15) is 12.2 Å². The van der Waals surface area contributed by atoms with Crippen LogP contribution in [-0.2, 0) is 20.5 Å². The fourth-order valence-corrected chi connectivity index (χ4v) is 5.24. The fraction of sp³-hybridized carbons (Fsp3) is 0.692. The number of carbonyl (C=O) groups excluding carboxylic acids is 2. The Hall–Kier alpha value is -2.06. The van der Waals surface area contributed by atoms with E-state index in [0.717, 1.165) is 12.0 Å². The first kappa shape index (κ1) is 28.2. The summed E-state index contributed by atoms with van der Waals surface area (Å²) in [5.74, 6) is 0. The molecule has 1 aromatic carbocycles. The van der Waals surface area contributed by atoms with E-state index in [1.807, 2.05) is 58.0 Å². The summed E-state index contributed by atoms with van der Waals surface area (Å²) >= 11 is 0. The molecular formula is C26H44N2O5Si. The van der Waals surface area contributed by atoms with Crippen molar-refractivity contribution in [2.75, 3.05) is 6.54 Å². The summed E-state index contributed by atoms with van der Waals surface area (Å²) in [5.41, 5.74) is 0.347. The molecule has 0 aliphatic carbocycles. The van der Waals surface area contributed by atoms with Gasteiger partial charge in [-0.2, -0.15) is 0 Å². The van der Waals surface area contributed by atoms with Crippen LogP contribution in [0.3, 0.4) is 0 Å². The molecule has 0 unspecified atom stereocenters. The van der Waals surface area contributed by atoms with Crippen LogP contribution in [-0.4, -0.2) is 55.7 Å². The number of amides is 2. The molecule has 1 saturated heterocycles. The molecule has 1 aliphatic heterocycles. The quantitative estimate of drug-likeness (QED) is 0.486. The minimum Gasteiger partial charge on any atom is -0.445 e. The lowest BCUT2D eigenvalue weighted by molar-refractivity contribution is 0.0128. The molecule has 2 rings (SSSR count). The molecule has 192 valence electrons. The van der Waals surface area contributed by atoms with Crippen LogP contribution >= 0.6 is 0 Å². The molecule has 0 spiro atoms. The van der Waals surface area contributed by atoms with E-state index in [0.29, 0.717) is 13.0 Å². The number of hydrogen-bond acceptors (Lipinski definition) is 5. The number of alkyl carbamates (subject to hydrolysis) is 1. The topological polar surface area (TPSA) is 77.1 Å². The lowest BCUT2D eigenvalue weighted by Gasteiger charge is -2.45. The van der Waals surface area contributed by atoms with E-state index in [4.69, 9.17) is 13.9 Å². The van der Waals surface area contributed by atoms with Crippen LogP contribution in [0.25, 0.3) is 0 Å². The molecule has 1 aliphatic rings. The van der Waals surface area contributed by atoms with Gasteiger partial charge in [-0.25, -0.2) is 9.59 Å². The van der Waals surface area contributed by atoms with E-state index in [1.165, 1.54) is 0 Å². The molecule has 1 heterocycles. The van der Waals surface area contributed by atoms with Crippen molar-refractivity contribution >= 4 is 20.5 Å². The standard InChI is InChI=1S/C26H44N2O5Si/c1-19(33-34(8,9)26(5,6)7)22-16-15-21(27-23(29)32-25(2,3)4)17-28(22)24(30)31-18-20-13-11-10-12-14-20/h10-14,19,21-22H,15-18H2,1-9H3,(H,27,29)/t19-,21-,22+/m1/s1. The molecule has 34 heavy (non-hydrogen) atoms.